The van der Waals surface area contributed by atoms with E-state index in [0.29, 0.717) is 12.2 Å². The number of aromatic hydroxyl groups is 1. The van der Waals surface area contributed by atoms with Crippen LogP contribution in [0.4, 0.5) is 0 Å². The first-order chi connectivity index (χ1) is 6.24. The fourth-order valence-corrected chi connectivity index (χ4v) is 0.876. The number of hydrogen-bond acceptors (Lipinski definition) is 3. The monoisotopic (exact) mass is 222 g/mol. The number of benzene rings is 1. The first-order valence-electron chi connectivity index (χ1n) is 4.20. The van der Waals surface area contributed by atoms with Crippen molar-refractivity contribution in [2.45, 2.75) is 13.3 Å². The molecular formula is C10H14CaO3. The average Bonchev–Trinajstić information content (AvgIpc) is 2.15. The van der Waals surface area contributed by atoms with Gasteiger partial charge in [0, 0.05) is 0 Å². The molecule has 0 heterocycles. The van der Waals surface area contributed by atoms with E-state index in [1.165, 1.54) is 24.3 Å². The van der Waals surface area contributed by atoms with Gasteiger partial charge in [-0.1, -0.05) is 6.92 Å². The third kappa shape index (κ3) is 4.31. The van der Waals surface area contributed by atoms with Crippen LogP contribution in [0.1, 0.15) is 23.7 Å². The molecule has 0 aliphatic rings. The molecule has 74 valence electrons. The fourth-order valence-electron chi connectivity index (χ4n) is 0.876. The summed E-state index contributed by atoms with van der Waals surface area (Å²) in [6, 6.07) is 5.99. The zero-order valence-corrected chi connectivity index (χ0v) is 7.49. The first-order valence-corrected chi connectivity index (χ1v) is 4.20. The van der Waals surface area contributed by atoms with Gasteiger partial charge in [-0.05, 0) is 30.7 Å². The number of phenolic OH excluding ortho intramolecular Hbond substituents is 1. The van der Waals surface area contributed by atoms with Gasteiger partial charge in [0.05, 0.1) is 12.2 Å². The molecule has 0 aromatic heterocycles. The van der Waals surface area contributed by atoms with Crippen LogP contribution < -0.4 is 0 Å². The summed E-state index contributed by atoms with van der Waals surface area (Å²) in [7, 11) is 0. The summed E-state index contributed by atoms with van der Waals surface area (Å²) in [4.78, 5) is 11.2. The van der Waals surface area contributed by atoms with Crippen LogP contribution in [0, 0.1) is 0 Å². The fraction of sp³-hybridized carbons (Fsp3) is 0.300. The van der Waals surface area contributed by atoms with Gasteiger partial charge in [0.15, 0.2) is 0 Å². The second-order valence-corrected chi connectivity index (χ2v) is 2.68. The molecule has 0 aliphatic heterocycles. The van der Waals surface area contributed by atoms with Gasteiger partial charge < -0.3 is 9.84 Å². The number of rotatable bonds is 3. The molecule has 0 fully saturated rings. The number of carbonyl (C=O) groups excluding carboxylic acids is 1. The van der Waals surface area contributed by atoms with E-state index in [1.807, 2.05) is 6.92 Å². The van der Waals surface area contributed by atoms with Gasteiger partial charge >= 0.3 is 43.7 Å². The van der Waals surface area contributed by atoms with E-state index in [0.717, 1.165) is 6.42 Å². The van der Waals surface area contributed by atoms with Gasteiger partial charge in [-0.15, -0.1) is 0 Å². The van der Waals surface area contributed by atoms with Crippen molar-refractivity contribution in [3.05, 3.63) is 29.8 Å². The van der Waals surface area contributed by atoms with Crippen molar-refractivity contribution in [2.75, 3.05) is 6.61 Å². The van der Waals surface area contributed by atoms with Crippen molar-refractivity contribution in [3.8, 4) is 5.75 Å². The van der Waals surface area contributed by atoms with Crippen molar-refractivity contribution < 1.29 is 14.6 Å². The summed E-state index contributed by atoms with van der Waals surface area (Å²) >= 11 is 0. The molecule has 3 nitrogen and oxygen atoms in total. The zero-order chi connectivity index (χ0) is 9.68. The Morgan fingerprint density at radius 3 is 2.43 bits per heavy atom. The summed E-state index contributed by atoms with van der Waals surface area (Å²) in [6.45, 7) is 2.36. The molecule has 0 radical (unpaired) electrons. The van der Waals surface area contributed by atoms with E-state index >= 15 is 0 Å². The van der Waals surface area contributed by atoms with Crippen LogP contribution in [0.25, 0.3) is 0 Å². The Morgan fingerprint density at radius 1 is 1.36 bits per heavy atom. The maximum atomic E-state index is 11.2. The second-order valence-electron chi connectivity index (χ2n) is 2.68. The molecule has 1 aromatic rings. The summed E-state index contributed by atoms with van der Waals surface area (Å²) in [5, 5.41) is 8.96. The molecule has 14 heavy (non-hydrogen) atoms. The molecule has 1 rings (SSSR count). The number of ether oxygens (including phenoxy) is 1. The van der Waals surface area contributed by atoms with Gasteiger partial charge in [-0.2, -0.15) is 0 Å². The number of phenols is 1. The quantitative estimate of drug-likeness (QED) is 0.614. The number of esters is 1. The Hall–Kier alpha value is -0.250. The van der Waals surface area contributed by atoms with Crippen molar-refractivity contribution in [1.29, 1.82) is 0 Å². The van der Waals surface area contributed by atoms with Crippen LogP contribution >= 0.6 is 0 Å². The van der Waals surface area contributed by atoms with Crippen molar-refractivity contribution in [3.63, 3.8) is 0 Å². The molecule has 0 spiro atoms. The van der Waals surface area contributed by atoms with Gasteiger partial charge in [0.25, 0.3) is 0 Å². The predicted octanol–water partition coefficient (Wildman–Crippen LogP) is 1.04. The van der Waals surface area contributed by atoms with Crippen molar-refractivity contribution in [2.24, 2.45) is 0 Å². The molecule has 0 bridgehead atoms. The number of hydrogen-bond donors (Lipinski definition) is 1. The topological polar surface area (TPSA) is 46.5 Å². The maximum absolute atomic E-state index is 11.2. The van der Waals surface area contributed by atoms with E-state index in [9.17, 15) is 4.79 Å². The molecule has 0 atom stereocenters. The van der Waals surface area contributed by atoms with Crippen LogP contribution in [-0.4, -0.2) is 55.4 Å². The van der Waals surface area contributed by atoms with E-state index in [-0.39, 0.29) is 49.5 Å². The van der Waals surface area contributed by atoms with E-state index in [1.54, 1.807) is 0 Å². The van der Waals surface area contributed by atoms with Crippen LogP contribution in [-0.2, 0) is 4.74 Å². The van der Waals surface area contributed by atoms with Gasteiger partial charge in [0.2, 0.25) is 0 Å². The first kappa shape index (κ1) is 13.7. The van der Waals surface area contributed by atoms with Crippen LogP contribution in [0.3, 0.4) is 0 Å². The Kier molecular flexibility index (Phi) is 6.97. The molecule has 0 unspecified atom stereocenters. The minimum absolute atomic E-state index is 0. The molecule has 0 amide bonds. The molecular weight excluding hydrogens is 208 g/mol. The summed E-state index contributed by atoms with van der Waals surface area (Å²) in [5.41, 5.74) is 0.464. The molecule has 1 N–H and O–H groups in total. The van der Waals surface area contributed by atoms with Gasteiger partial charge in [0.1, 0.15) is 5.75 Å². The summed E-state index contributed by atoms with van der Waals surface area (Å²) in [5.74, 6) is -0.200. The minimum atomic E-state index is -0.346. The molecule has 1 aromatic carbocycles. The van der Waals surface area contributed by atoms with Crippen molar-refractivity contribution >= 4 is 43.7 Å². The Bertz CT molecular complexity index is 282. The molecule has 0 aliphatic carbocycles. The van der Waals surface area contributed by atoms with Crippen LogP contribution in [0.15, 0.2) is 24.3 Å². The van der Waals surface area contributed by atoms with Gasteiger partial charge in [-0.3, -0.25) is 0 Å². The van der Waals surface area contributed by atoms with Crippen molar-refractivity contribution in [1.82, 2.24) is 0 Å². The van der Waals surface area contributed by atoms with E-state index in [4.69, 9.17) is 9.84 Å². The Balaban J connectivity index is 0.00000169. The molecule has 0 saturated heterocycles. The average molecular weight is 222 g/mol. The third-order valence-electron chi connectivity index (χ3n) is 1.54. The van der Waals surface area contributed by atoms with Gasteiger partial charge in [-0.25, -0.2) is 4.79 Å². The second kappa shape index (κ2) is 7.10. The Labute approximate surface area is 113 Å². The SMILES string of the molecule is CCCOC(=O)c1ccc(O)cc1.[CaH2]. The molecule has 4 heteroatoms. The summed E-state index contributed by atoms with van der Waals surface area (Å²) < 4.78 is 4.90. The normalized spacial score (nSPS) is 8.93. The molecule has 0 saturated carbocycles. The van der Waals surface area contributed by atoms with Crippen LogP contribution in [0.5, 0.6) is 5.75 Å². The third-order valence-corrected chi connectivity index (χ3v) is 1.54. The zero-order valence-electron chi connectivity index (χ0n) is 7.49. The van der Waals surface area contributed by atoms with Crippen LogP contribution in [0.2, 0.25) is 0 Å². The summed E-state index contributed by atoms with van der Waals surface area (Å²) in [6.07, 6.45) is 0.809. The van der Waals surface area contributed by atoms with E-state index in [2.05, 4.69) is 0 Å². The standard InChI is InChI=1S/C10H12O3.Ca.2H/c1-2-7-13-10(12)8-3-5-9(11)6-4-8;;;/h3-6,11H,2,7H2,1H3;;;. The number of carbonyl (C=O) groups is 1. The predicted molar refractivity (Wildman–Crippen MR) is 57.2 cm³/mol. The Morgan fingerprint density at radius 2 is 1.93 bits per heavy atom. The van der Waals surface area contributed by atoms with E-state index < -0.39 is 0 Å².